The molecule has 0 aliphatic heterocycles. The normalized spacial score (nSPS) is 12.9. The fraction of sp³-hybridized carbons (Fsp3) is 0.250. The summed E-state index contributed by atoms with van der Waals surface area (Å²) in [5.74, 6) is -0.466. The number of nitrogens with one attached hydrogen (secondary N) is 2. The van der Waals surface area contributed by atoms with Crippen molar-refractivity contribution in [2.75, 3.05) is 13.2 Å². The lowest BCUT2D eigenvalue weighted by molar-refractivity contribution is -0.297. The molecule has 0 saturated carbocycles. The van der Waals surface area contributed by atoms with Gasteiger partial charge in [-0.05, 0) is 61.1 Å². The van der Waals surface area contributed by atoms with Gasteiger partial charge in [-0.25, -0.2) is 0 Å². The Kier molecular flexibility index (Phi) is 7.70. The molecule has 2 aromatic carbocycles. The van der Waals surface area contributed by atoms with Crippen molar-refractivity contribution in [1.29, 1.82) is 0 Å². The highest BCUT2D eigenvalue weighted by molar-refractivity contribution is 7.13. The lowest BCUT2D eigenvalue weighted by Gasteiger charge is -2.28. The van der Waals surface area contributed by atoms with E-state index in [4.69, 9.17) is 4.74 Å². The number of thiophene rings is 1. The first-order valence-corrected chi connectivity index (χ1v) is 12.4. The average Bonchev–Trinajstić information content (AvgIpc) is 3.51. The molecule has 0 radical (unpaired) electrons. The van der Waals surface area contributed by atoms with E-state index in [1.807, 2.05) is 60.1 Å². The molecule has 0 fully saturated rings. The van der Waals surface area contributed by atoms with Gasteiger partial charge in [-0.1, -0.05) is 42.5 Å². The number of β-amino-alcohol motifs (C(OH)–C–C–N with tert-alkyl or cyclic N) is 1. The Hall–Kier alpha value is -3.39. The van der Waals surface area contributed by atoms with E-state index in [1.165, 1.54) is 6.08 Å². The van der Waals surface area contributed by atoms with Crippen molar-refractivity contribution in [3.63, 3.8) is 0 Å². The Morgan fingerprint density at radius 1 is 1.20 bits per heavy atom. The highest BCUT2D eigenvalue weighted by Gasteiger charge is 2.21. The van der Waals surface area contributed by atoms with Crippen LogP contribution in [0, 0.1) is 0 Å². The van der Waals surface area contributed by atoms with Gasteiger partial charge >= 0.3 is 0 Å². The monoisotopic (exact) mass is 489 g/mol. The van der Waals surface area contributed by atoms with Crippen LogP contribution in [0.3, 0.4) is 0 Å². The number of aliphatic hydroxyl groups excluding tert-OH is 1. The fourth-order valence-corrected chi connectivity index (χ4v) is 4.84. The molecule has 7 heteroatoms. The van der Waals surface area contributed by atoms with Gasteiger partial charge in [0.05, 0.1) is 11.5 Å². The molecule has 4 aromatic rings. The van der Waals surface area contributed by atoms with Crippen LogP contribution in [-0.4, -0.2) is 40.9 Å². The Bertz CT molecular complexity index is 1310. The van der Waals surface area contributed by atoms with Crippen LogP contribution < -0.4 is 15.2 Å². The molecule has 6 nitrogen and oxygen atoms in total. The van der Waals surface area contributed by atoms with Crippen LogP contribution in [0.25, 0.3) is 27.4 Å². The maximum atomic E-state index is 10.8. The number of aliphatic hydroxyl groups is 1. The number of aromatic amines is 1. The molecule has 0 spiro atoms. The molecule has 0 amide bonds. The molecular weight excluding hydrogens is 460 g/mol. The zero-order valence-electron chi connectivity index (χ0n) is 19.8. The van der Waals surface area contributed by atoms with E-state index in [-0.39, 0.29) is 12.1 Å². The molecule has 0 aliphatic carbocycles. The van der Waals surface area contributed by atoms with Crippen LogP contribution in [0.15, 0.2) is 72.3 Å². The highest BCUT2D eigenvalue weighted by Crippen LogP contribution is 2.33. The number of benzene rings is 2. The molecule has 1 atom stereocenters. The SMILES string of the molecule is CC(C)(Cc1c[nH]c2c(/C=C/C(=O)[O-])cccc12)NC[C@H](O)COc1ccccc1-c1cccs1. The standard InChI is InChI=1S/C28H30N2O4S/c1-28(2,15-20-16-29-27-19(12-13-26(32)33)7-5-9-22(20)27)30-17-21(31)18-34-24-10-4-3-8-23(24)25-11-6-14-35-25/h3-14,16,21,29-31H,15,17-18H2,1-2H3,(H,32,33)/p-1/b13-12+/t21-/m0/s1. The number of carbonyl (C=O) groups excluding carboxylic acids is 1. The summed E-state index contributed by atoms with van der Waals surface area (Å²) < 4.78 is 5.96. The molecule has 0 bridgehead atoms. The summed E-state index contributed by atoms with van der Waals surface area (Å²) in [6, 6.07) is 17.7. The first kappa shape index (κ1) is 24.7. The second kappa shape index (κ2) is 10.9. The Morgan fingerprint density at radius 2 is 2.03 bits per heavy atom. The molecule has 0 saturated heterocycles. The van der Waals surface area contributed by atoms with Crippen LogP contribution in [-0.2, 0) is 11.2 Å². The van der Waals surface area contributed by atoms with E-state index in [2.05, 4.69) is 30.2 Å². The molecule has 4 rings (SSSR count). The summed E-state index contributed by atoms with van der Waals surface area (Å²) >= 11 is 1.66. The number of fused-ring (bicyclic) bond motifs is 1. The van der Waals surface area contributed by atoms with Gasteiger partial charge in [-0.15, -0.1) is 11.3 Å². The van der Waals surface area contributed by atoms with Gasteiger partial charge in [0.2, 0.25) is 0 Å². The molecular formula is C28H29N2O4S-. The van der Waals surface area contributed by atoms with Crippen LogP contribution in [0.1, 0.15) is 25.0 Å². The van der Waals surface area contributed by atoms with Crippen LogP contribution >= 0.6 is 11.3 Å². The molecule has 0 aliphatic rings. The topological polar surface area (TPSA) is 97.4 Å². The van der Waals surface area contributed by atoms with Crippen LogP contribution in [0.4, 0.5) is 0 Å². The second-order valence-electron chi connectivity index (χ2n) is 9.12. The Labute approximate surface area is 208 Å². The lowest BCUT2D eigenvalue weighted by Crippen LogP contribution is -2.46. The van der Waals surface area contributed by atoms with Gasteiger partial charge in [0, 0.05) is 34.1 Å². The number of aliphatic carboxylic acids is 1. The molecule has 3 N–H and O–H groups in total. The van der Waals surface area contributed by atoms with E-state index in [0.717, 1.165) is 50.7 Å². The van der Waals surface area contributed by atoms with E-state index >= 15 is 0 Å². The van der Waals surface area contributed by atoms with E-state index < -0.39 is 12.1 Å². The Morgan fingerprint density at radius 3 is 2.80 bits per heavy atom. The number of ether oxygens (including phenoxy) is 1. The third kappa shape index (κ3) is 6.39. The van der Waals surface area contributed by atoms with Crippen molar-refractivity contribution >= 4 is 34.3 Å². The average molecular weight is 490 g/mol. The maximum absolute atomic E-state index is 10.8. The largest absolute Gasteiger partial charge is 0.545 e. The molecule has 0 unspecified atom stereocenters. The minimum atomic E-state index is -1.23. The first-order valence-electron chi connectivity index (χ1n) is 11.5. The molecule has 182 valence electrons. The lowest BCUT2D eigenvalue weighted by atomic mass is 9.94. The van der Waals surface area contributed by atoms with Crippen molar-refractivity contribution in [1.82, 2.24) is 10.3 Å². The number of carboxylic acid groups (broad SMARTS) is 1. The van der Waals surface area contributed by atoms with Crippen molar-refractivity contribution in [2.45, 2.75) is 31.9 Å². The number of hydrogen-bond acceptors (Lipinski definition) is 6. The third-order valence-electron chi connectivity index (χ3n) is 5.79. The summed E-state index contributed by atoms with van der Waals surface area (Å²) in [7, 11) is 0. The zero-order valence-corrected chi connectivity index (χ0v) is 20.6. The summed E-state index contributed by atoms with van der Waals surface area (Å²) in [4.78, 5) is 15.2. The minimum Gasteiger partial charge on any atom is -0.545 e. The van der Waals surface area contributed by atoms with E-state index in [0.29, 0.717) is 6.54 Å². The van der Waals surface area contributed by atoms with Gasteiger partial charge < -0.3 is 30.0 Å². The molecule has 2 aromatic heterocycles. The maximum Gasteiger partial charge on any atom is 0.128 e. The number of aromatic nitrogens is 1. The van der Waals surface area contributed by atoms with Crippen molar-refractivity contribution in [3.8, 4) is 16.2 Å². The van der Waals surface area contributed by atoms with Gasteiger partial charge in [0.15, 0.2) is 0 Å². The minimum absolute atomic E-state index is 0.187. The first-order chi connectivity index (χ1) is 16.8. The number of hydrogen-bond donors (Lipinski definition) is 3. The predicted octanol–water partition coefficient (Wildman–Crippen LogP) is 4.01. The summed E-state index contributed by atoms with van der Waals surface area (Å²) in [5.41, 5.74) is 3.52. The van der Waals surface area contributed by atoms with Crippen molar-refractivity contribution in [2.24, 2.45) is 0 Å². The highest BCUT2D eigenvalue weighted by atomic mass is 32.1. The van der Waals surface area contributed by atoms with E-state index in [9.17, 15) is 15.0 Å². The number of H-pyrrole nitrogens is 1. The van der Waals surface area contributed by atoms with Gasteiger partial charge in [0.25, 0.3) is 0 Å². The van der Waals surface area contributed by atoms with Gasteiger partial charge in [0.1, 0.15) is 18.5 Å². The summed E-state index contributed by atoms with van der Waals surface area (Å²) in [6.07, 6.45) is 4.56. The summed E-state index contributed by atoms with van der Waals surface area (Å²) in [5, 5.41) is 27.9. The number of carbonyl (C=O) groups is 1. The number of carboxylic acids is 1. The number of rotatable bonds is 11. The van der Waals surface area contributed by atoms with E-state index in [1.54, 1.807) is 11.3 Å². The smallest absolute Gasteiger partial charge is 0.128 e. The quantitative estimate of drug-likeness (QED) is 0.277. The van der Waals surface area contributed by atoms with Gasteiger partial charge in [-0.2, -0.15) is 0 Å². The van der Waals surface area contributed by atoms with Crippen LogP contribution in [0.2, 0.25) is 0 Å². The predicted molar refractivity (Wildman–Crippen MR) is 139 cm³/mol. The zero-order chi connectivity index (χ0) is 24.8. The Balaban J connectivity index is 1.35. The van der Waals surface area contributed by atoms with Crippen molar-refractivity contribution in [3.05, 3.63) is 83.4 Å². The van der Waals surface area contributed by atoms with Crippen molar-refractivity contribution < 1.29 is 19.7 Å². The van der Waals surface area contributed by atoms with Gasteiger partial charge in [-0.3, -0.25) is 0 Å². The van der Waals surface area contributed by atoms with Crippen LogP contribution in [0.5, 0.6) is 5.75 Å². The number of para-hydroxylation sites is 2. The molecule has 35 heavy (non-hydrogen) atoms. The molecule has 2 heterocycles. The second-order valence-corrected chi connectivity index (χ2v) is 10.1. The summed E-state index contributed by atoms with van der Waals surface area (Å²) in [6.45, 7) is 4.75. The fourth-order valence-electron chi connectivity index (χ4n) is 4.08. The third-order valence-corrected chi connectivity index (χ3v) is 6.69.